The van der Waals surface area contributed by atoms with Gasteiger partial charge in [-0.25, -0.2) is 9.07 Å². The van der Waals surface area contributed by atoms with Gasteiger partial charge in [0, 0.05) is 17.7 Å². The number of aryl methyl sites for hydroxylation is 2. The molecule has 4 rings (SSSR count). The van der Waals surface area contributed by atoms with E-state index in [1.807, 2.05) is 44.2 Å². The molecule has 2 heterocycles. The highest BCUT2D eigenvalue weighted by atomic mass is 19.1. The van der Waals surface area contributed by atoms with Crippen LogP contribution in [0.3, 0.4) is 0 Å². The Balaban J connectivity index is 1.43. The van der Waals surface area contributed by atoms with Crippen LogP contribution in [-0.4, -0.2) is 26.0 Å². The zero-order valence-electron chi connectivity index (χ0n) is 13.6. The van der Waals surface area contributed by atoms with Crippen molar-refractivity contribution in [1.82, 2.24) is 20.0 Å². The Bertz CT molecular complexity index is 854. The molecule has 5 nitrogen and oxygen atoms in total. The summed E-state index contributed by atoms with van der Waals surface area (Å²) >= 11 is 0. The molecule has 0 saturated heterocycles. The molecule has 1 aliphatic carbocycles. The lowest BCUT2D eigenvalue weighted by Crippen LogP contribution is -2.09. The maximum atomic E-state index is 13.0. The fraction of sp³-hybridized carbons (Fsp3) is 0.278. The van der Waals surface area contributed by atoms with Crippen molar-refractivity contribution in [3.63, 3.8) is 0 Å². The van der Waals surface area contributed by atoms with Crippen LogP contribution in [0.2, 0.25) is 0 Å². The normalized spacial score (nSPS) is 19.3. The first-order chi connectivity index (χ1) is 11.6. The van der Waals surface area contributed by atoms with Crippen LogP contribution in [0.25, 0.3) is 5.82 Å². The van der Waals surface area contributed by atoms with E-state index < -0.39 is 0 Å². The van der Waals surface area contributed by atoms with Crippen molar-refractivity contribution in [3.8, 4) is 5.82 Å². The van der Waals surface area contributed by atoms with Crippen molar-refractivity contribution in [1.29, 1.82) is 0 Å². The number of aromatic nitrogens is 4. The first-order valence-corrected chi connectivity index (χ1v) is 7.99. The molecule has 24 heavy (non-hydrogen) atoms. The van der Waals surface area contributed by atoms with Gasteiger partial charge in [-0.3, -0.25) is 0 Å². The molecule has 6 heteroatoms. The highest BCUT2D eigenvalue weighted by Gasteiger charge is 2.38. The quantitative estimate of drug-likeness (QED) is 0.799. The molecule has 1 saturated carbocycles. The van der Waals surface area contributed by atoms with Crippen molar-refractivity contribution in [2.45, 2.75) is 32.2 Å². The summed E-state index contributed by atoms with van der Waals surface area (Å²) in [5, 5.41) is 16.3. The van der Waals surface area contributed by atoms with Crippen LogP contribution in [0, 0.1) is 19.7 Å². The lowest BCUT2D eigenvalue weighted by Gasteiger charge is -2.06. The van der Waals surface area contributed by atoms with Crippen molar-refractivity contribution < 1.29 is 4.39 Å². The average Bonchev–Trinajstić information content (AvgIpc) is 3.24. The van der Waals surface area contributed by atoms with Crippen molar-refractivity contribution in [3.05, 3.63) is 65.2 Å². The monoisotopic (exact) mass is 323 g/mol. The summed E-state index contributed by atoms with van der Waals surface area (Å²) in [5.41, 5.74) is 3.14. The Morgan fingerprint density at radius 3 is 2.50 bits per heavy atom. The van der Waals surface area contributed by atoms with E-state index in [4.69, 9.17) is 0 Å². The summed E-state index contributed by atoms with van der Waals surface area (Å²) in [4.78, 5) is 0. The molecule has 2 atom stereocenters. The molecule has 122 valence electrons. The van der Waals surface area contributed by atoms with Gasteiger partial charge in [-0.2, -0.15) is 5.10 Å². The van der Waals surface area contributed by atoms with Crippen LogP contribution in [0.5, 0.6) is 0 Å². The number of hydrogen-bond acceptors (Lipinski definition) is 4. The van der Waals surface area contributed by atoms with Gasteiger partial charge in [0.1, 0.15) is 11.6 Å². The second-order valence-corrected chi connectivity index (χ2v) is 6.26. The molecular formula is C18H18FN5. The topological polar surface area (TPSA) is 55.6 Å². The van der Waals surface area contributed by atoms with E-state index >= 15 is 0 Å². The minimum atomic E-state index is -0.200. The fourth-order valence-electron chi connectivity index (χ4n) is 3.00. The minimum absolute atomic E-state index is 0.200. The Morgan fingerprint density at radius 1 is 1.08 bits per heavy atom. The van der Waals surface area contributed by atoms with Crippen molar-refractivity contribution in [2.24, 2.45) is 0 Å². The number of nitrogens with one attached hydrogen (secondary N) is 1. The van der Waals surface area contributed by atoms with E-state index in [1.165, 1.54) is 12.1 Å². The summed E-state index contributed by atoms with van der Waals surface area (Å²) in [6.45, 7) is 3.95. The summed E-state index contributed by atoms with van der Waals surface area (Å²) in [6.07, 6.45) is 1.02. The summed E-state index contributed by atoms with van der Waals surface area (Å²) in [7, 11) is 0. The Hall–Kier alpha value is -2.76. The zero-order chi connectivity index (χ0) is 16.7. The first kappa shape index (κ1) is 14.8. The molecule has 1 aliphatic rings. The van der Waals surface area contributed by atoms with Crippen LogP contribution < -0.4 is 5.32 Å². The van der Waals surface area contributed by atoms with Crippen LogP contribution in [-0.2, 0) is 0 Å². The highest BCUT2D eigenvalue weighted by molar-refractivity contribution is 5.42. The van der Waals surface area contributed by atoms with Crippen LogP contribution in [0.1, 0.15) is 29.3 Å². The minimum Gasteiger partial charge on any atom is -0.365 e. The third-order valence-corrected chi connectivity index (χ3v) is 4.30. The van der Waals surface area contributed by atoms with Crippen LogP contribution in [0.15, 0.2) is 42.5 Å². The van der Waals surface area contributed by atoms with Crippen LogP contribution >= 0.6 is 0 Å². The molecule has 0 bridgehead atoms. The molecule has 0 aliphatic heterocycles. The smallest absolute Gasteiger partial charge is 0.176 e. The SMILES string of the molecule is Cc1cc(C)n(-c2ccc(N[C@@H]3C[C@H]3c3ccc(F)cc3)nn2)n1. The third-order valence-electron chi connectivity index (χ3n) is 4.30. The number of rotatable bonds is 4. The Kier molecular flexibility index (Phi) is 3.52. The standard InChI is InChI=1S/C18H18FN5/c1-11-9-12(2)24(23-11)18-8-7-17(21-22-18)20-16-10-15(16)13-3-5-14(19)6-4-13/h3-9,15-16H,10H2,1-2H3,(H,20,21)/t15-,16+/m0/s1. The van der Waals surface area contributed by atoms with Gasteiger partial charge in [0.05, 0.1) is 5.69 Å². The van der Waals surface area contributed by atoms with E-state index in [-0.39, 0.29) is 5.82 Å². The number of halogens is 1. The zero-order valence-corrected chi connectivity index (χ0v) is 13.6. The van der Waals surface area contributed by atoms with Gasteiger partial charge in [-0.1, -0.05) is 12.1 Å². The molecule has 3 aromatic rings. The molecule has 1 N–H and O–H groups in total. The second kappa shape index (κ2) is 5.70. The molecule has 1 fully saturated rings. The maximum Gasteiger partial charge on any atom is 0.176 e. The highest BCUT2D eigenvalue weighted by Crippen LogP contribution is 2.42. The summed E-state index contributed by atoms with van der Waals surface area (Å²) in [5.74, 6) is 1.66. The van der Waals surface area contributed by atoms with Gasteiger partial charge in [0.25, 0.3) is 0 Å². The van der Waals surface area contributed by atoms with Gasteiger partial charge < -0.3 is 5.32 Å². The first-order valence-electron chi connectivity index (χ1n) is 7.99. The van der Waals surface area contributed by atoms with E-state index in [1.54, 1.807) is 4.68 Å². The molecule has 0 spiro atoms. The number of anilines is 1. The largest absolute Gasteiger partial charge is 0.365 e. The molecule has 1 aromatic carbocycles. The molecule has 0 unspecified atom stereocenters. The predicted molar refractivity (Wildman–Crippen MR) is 89.8 cm³/mol. The number of hydrogen-bond donors (Lipinski definition) is 1. The van der Waals surface area contributed by atoms with Gasteiger partial charge in [0.15, 0.2) is 5.82 Å². The average molecular weight is 323 g/mol. The fourth-order valence-corrected chi connectivity index (χ4v) is 3.00. The third kappa shape index (κ3) is 2.87. The van der Waals surface area contributed by atoms with E-state index in [9.17, 15) is 4.39 Å². The van der Waals surface area contributed by atoms with Crippen molar-refractivity contribution in [2.75, 3.05) is 5.32 Å². The predicted octanol–water partition coefficient (Wildman–Crippen LogP) is 3.39. The lowest BCUT2D eigenvalue weighted by molar-refractivity contribution is 0.627. The molecule has 0 radical (unpaired) electrons. The summed E-state index contributed by atoms with van der Waals surface area (Å²) in [6, 6.07) is 12.9. The number of benzene rings is 1. The Morgan fingerprint density at radius 2 is 1.88 bits per heavy atom. The van der Waals surface area contributed by atoms with Gasteiger partial charge >= 0.3 is 0 Å². The van der Waals surface area contributed by atoms with E-state index in [2.05, 4.69) is 20.6 Å². The molecular weight excluding hydrogens is 305 g/mol. The lowest BCUT2D eigenvalue weighted by atomic mass is 10.1. The van der Waals surface area contributed by atoms with Crippen LogP contribution in [0.4, 0.5) is 10.2 Å². The second-order valence-electron chi connectivity index (χ2n) is 6.26. The van der Waals surface area contributed by atoms with E-state index in [0.717, 1.165) is 29.2 Å². The van der Waals surface area contributed by atoms with E-state index in [0.29, 0.717) is 17.8 Å². The molecule has 0 amide bonds. The van der Waals surface area contributed by atoms with Gasteiger partial charge in [-0.05, 0) is 56.2 Å². The molecule has 2 aromatic heterocycles. The summed E-state index contributed by atoms with van der Waals surface area (Å²) < 4.78 is 14.8. The Labute approximate surface area is 139 Å². The number of nitrogens with zero attached hydrogens (tertiary/aromatic N) is 4. The van der Waals surface area contributed by atoms with Gasteiger partial charge in [0.2, 0.25) is 0 Å². The van der Waals surface area contributed by atoms with Crippen molar-refractivity contribution >= 4 is 5.82 Å². The maximum absolute atomic E-state index is 13.0. The van der Waals surface area contributed by atoms with Gasteiger partial charge in [-0.15, -0.1) is 10.2 Å².